The molecule has 0 aliphatic rings. The first-order valence-corrected chi connectivity index (χ1v) is 13.6. The van der Waals surface area contributed by atoms with Gasteiger partial charge in [0.15, 0.2) is 5.82 Å². The molecule has 0 amide bonds. The third-order valence-electron chi connectivity index (χ3n) is 6.81. The van der Waals surface area contributed by atoms with Gasteiger partial charge in [0.2, 0.25) is 0 Å². The Morgan fingerprint density at radius 3 is 2.11 bits per heavy atom. The van der Waals surface area contributed by atoms with E-state index >= 15 is 0 Å². The molecule has 0 unspecified atom stereocenters. The number of fused-ring (bicyclic) bond motifs is 1. The number of benzene rings is 5. The third-order valence-corrected chi connectivity index (χ3v) is 7.57. The number of aromatic nitrogens is 2. The molecule has 38 heavy (non-hydrogen) atoms. The average molecular weight is 512 g/mol. The van der Waals surface area contributed by atoms with Gasteiger partial charge in [-0.25, -0.2) is 4.98 Å². The molecule has 1 aromatic heterocycles. The van der Waals surface area contributed by atoms with Gasteiger partial charge in [-0.3, -0.25) is 0 Å². The van der Waals surface area contributed by atoms with E-state index in [1.54, 1.807) is 0 Å². The van der Waals surface area contributed by atoms with Gasteiger partial charge >= 0.3 is 0 Å². The highest BCUT2D eigenvalue weighted by atomic mass is 32.1. The first-order chi connectivity index (χ1) is 18.5. The van der Waals surface area contributed by atoms with E-state index in [1.807, 2.05) is 0 Å². The van der Waals surface area contributed by atoms with Crippen LogP contribution in [-0.2, 0) is 5.41 Å². The molecule has 0 fully saturated rings. The van der Waals surface area contributed by atoms with Gasteiger partial charge in [-0.2, -0.15) is 4.37 Å². The lowest BCUT2D eigenvalue weighted by atomic mass is 9.87. The molecule has 4 heteroatoms. The standard InChI is InChI=1S/C34H29N3S/c1-34(2,3)27-21-19-25(20-22-27)32-35-33(38-36-32)26-13-9-16-29(23-26)37(28-14-5-4-6-15-28)31-18-10-12-24-11-7-8-17-30(24)31/h4-23H,1-3H3. The van der Waals surface area contributed by atoms with Crippen molar-refractivity contribution < 1.29 is 0 Å². The minimum atomic E-state index is 0.119. The van der Waals surface area contributed by atoms with Gasteiger partial charge in [-0.1, -0.05) is 112 Å². The molecule has 1 heterocycles. The first-order valence-electron chi connectivity index (χ1n) is 12.9. The highest BCUT2D eigenvalue weighted by Gasteiger charge is 2.17. The predicted octanol–water partition coefficient (Wildman–Crippen LogP) is 9.79. The van der Waals surface area contributed by atoms with Crippen LogP contribution in [0.5, 0.6) is 0 Å². The third kappa shape index (κ3) is 4.71. The SMILES string of the molecule is CC(C)(C)c1ccc(-c2nsc(-c3cccc(N(c4ccccc4)c4cccc5ccccc45)c3)n2)cc1. The van der Waals surface area contributed by atoms with Crippen molar-refractivity contribution in [2.24, 2.45) is 0 Å². The van der Waals surface area contributed by atoms with Gasteiger partial charge in [0.25, 0.3) is 0 Å². The second-order valence-corrected chi connectivity index (χ2v) is 11.2. The molecular formula is C34H29N3S. The van der Waals surface area contributed by atoms with Crippen molar-refractivity contribution in [2.75, 3.05) is 4.90 Å². The summed E-state index contributed by atoms with van der Waals surface area (Å²) >= 11 is 1.44. The molecule has 3 nitrogen and oxygen atoms in total. The Morgan fingerprint density at radius 1 is 0.632 bits per heavy atom. The maximum atomic E-state index is 4.93. The number of hydrogen-bond acceptors (Lipinski definition) is 4. The minimum absolute atomic E-state index is 0.119. The maximum absolute atomic E-state index is 4.93. The summed E-state index contributed by atoms with van der Waals surface area (Å²) in [5.74, 6) is 0.768. The monoisotopic (exact) mass is 511 g/mol. The number of para-hydroxylation sites is 1. The lowest BCUT2D eigenvalue weighted by Crippen LogP contribution is -2.10. The normalized spacial score (nSPS) is 11.6. The molecule has 0 radical (unpaired) electrons. The molecule has 0 aliphatic carbocycles. The van der Waals surface area contributed by atoms with E-state index in [0.29, 0.717) is 0 Å². The fourth-order valence-electron chi connectivity index (χ4n) is 4.76. The van der Waals surface area contributed by atoms with E-state index in [0.717, 1.165) is 39.0 Å². The van der Waals surface area contributed by atoms with Crippen molar-refractivity contribution in [1.82, 2.24) is 9.36 Å². The largest absolute Gasteiger partial charge is 0.310 e. The molecule has 0 N–H and O–H groups in total. The fraction of sp³-hybridized carbons (Fsp3) is 0.118. The summed E-state index contributed by atoms with van der Waals surface area (Å²) < 4.78 is 4.70. The van der Waals surface area contributed by atoms with Crippen molar-refractivity contribution in [3.05, 3.63) is 127 Å². The first kappa shape index (κ1) is 24.1. The summed E-state index contributed by atoms with van der Waals surface area (Å²) in [5, 5.41) is 3.34. The molecule has 0 bridgehead atoms. The molecule has 6 rings (SSSR count). The van der Waals surface area contributed by atoms with Gasteiger partial charge in [-0.15, -0.1) is 0 Å². The van der Waals surface area contributed by atoms with Gasteiger partial charge in [-0.05, 0) is 58.2 Å². The summed E-state index contributed by atoms with van der Waals surface area (Å²) in [6, 6.07) is 42.7. The zero-order valence-corrected chi connectivity index (χ0v) is 22.6. The van der Waals surface area contributed by atoms with Crippen LogP contribution >= 0.6 is 11.5 Å². The van der Waals surface area contributed by atoms with Gasteiger partial charge in [0.1, 0.15) is 5.01 Å². The smallest absolute Gasteiger partial charge is 0.173 e. The van der Waals surface area contributed by atoms with Crippen LogP contribution < -0.4 is 4.90 Å². The van der Waals surface area contributed by atoms with Crippen molar-refractivity contribution >= 4 is 39.4 Å². The van der Waals surface area contributed by atoms with Crippen molar-refractivity contribution in [3.8, 4) is 22.0 Å². The van der Waals surface area contributed by atoms with Crippen LogP contribution in [0, 0.1) is 0 Å². The Kier molecular flexibility index (Phi) is 6.26. The zero-order valence-electron chi connectivity index (χ0n) is 21.8. The van der Waals surface area contributed by atoms with Gasteiger partial charge in [0, 0.05) is 27.9 Å². The fourth-order valence-corrected chi connectivity index (χ4v) is 5.44. The zero-order chi connectivity index (χ0) is 26.1. The maximum Gasteiger partial charge on any atom is 0.173 e. The lowest BCUT2D eigenvalue weighted by Gasteiger charge is -2.27. The number of nitrogens with zero attached hydrogens (tertiary/aromatic N) is 3. The molecule has 0 aliphatic heterocycles. The average Bonchev–Trinajstić information content (AvgIpc) is 3.44. The van der Waals surface area contributed by atoms with Crippen LogP contribution in [0.2, 0.25) is 0 Å². The van der Waals surface area contributed by atoms with Crippen LogP contribution in [-0.4, -0.2) is 9.36 Å². The van der Waals surface area contributed by atoms with Crippen molar-refractivity contribution in [1.29, 1.82) is 0 Å². The van der Waals surface area contributed by atoms with Crippen LogP contribution in [0.4, 0.5) is 17.1 Å². The molecule has 0 spiro atoms. The van der Waals surface area contributed by atoms with Gasteiger partial charge in [0.05, 0.1) is 5.69 Å². The van der Waals surface area contributed by atoms with Crippen LogP contribution in [0.3, 0.4) is 0 Å². The van der Waals surface area contributed by atoms with Crippen molar-refractivity contribution in [2.45, 2.75) is 26.2 Å². The second kappa shape index (κ2) is 9.88. The Balaban J connectivity index is 1.40. The highest BCUT2D eigenvalue weighted by molar-refractivity contribution is 7.09. The molecule has 0 saturated heterocycles. The van der Waals surface area contributed by atoms with E-state index in [4.69, 9.17) is 9.36 Å². The summed E-state index contributed by atoms with van der Waals surface area (Å²) in [5.41, 5.74) is 6.85. The molecule has 0 atom stereocenters. The van der Waals surface area contributed by atoms with E-state index < -0.39 is 0 Å². The van der Waals surface area contributed by atoms with Crippen LogP contribution in [0.1, 0.15) is 26.3 Å². The Labute approximate surface area is 228 Å². The Bertz CT molecular complexity index is 1690. The number of rotatable bonds is 5. The number of hydrogen-bond donors (Lipinski definition) is 0. The molecule has 6 aromatic rings. The molecule has 0 saturated carbocycles. The summed E-state index contributed by atoms with van der Waals surface area (Å²) in [6.45, 7) is 6.68. The quantitative estimate of drug-likeness (QED) is 0.231. The van der Waals surface area contributed by atoms with E-state index in [2.05, 4.69) is 147 Å². The summed E-state index contributed by atoms with van der Waals surface area (Å²) in [4.78, 5) is 7.25. The summed E-state index contributed by atoms with van der Waals surface area (Å²) in [6.07, 6.45) is 0. The van der Waals surface area contributed by atoms with Crippen LogP contribution in [0.25, 0.3) is 32.7 Å². The number of anilines is 3. The van der Waals surface area contributed by atoms with Crippen LogP contribution in [0.15, 0.2) is 121 Å². The van der Waals surface area contributed by atoms with E-state index in [-0.39, 0.29) is 5.41 Å². The molecule has 186 valence electrons. The Morgan fingerprint density at radius 2 is 1.32 bits per heavy atom. The van der Waals surface area contributed by atoms with E-state index in [9.17, 15) is 0 Å². The molecular weight excluding hydrogens is 482 g/mol. The second-order valence-electron chi connectivity index (χ2n) is 10.5. The van der Waals surface area contributed by atoms with E-state index in [1.165, 1.54) is 27.9 Å². The van der Waals surface area contributed by atoms with Crippen molar-refractivity contribution in [3.63, 3.8) is 0 Å². The predicted molar refractivity (Wildman–Crippen MR) is 162 cm³/mol. The molecule has 5 aromatic carbocycles. The summed E-state index contributed by atoms with van der Waals surface area (Å²) in [7, 11) is 0. The van der Waals surface area contributed by atoms with Gasteiger partial charge < -0.3 is 4.90 Å². The lowest BCUT2D eigenvalue weighted by molar-refractivity contribution is 0.590. The Hall–Kier alpha value is -4.28. The topological polar surface area (TPSA) is 29.0 Å². The minimum Gasteiger partial charge on any atom is -0.310 e. The highest BCUT2D eigenvalue weighted by Crippen LogP contribution is 2.40.